The zero-order valence-electron chi connectivity index (χ0n) is 15.1. The van der Waals surface area contributed by atoms with Crippen LogP contribution in [0.1, 0.15) is 31.8 Å². The van der Waals surface area contributed by atoms with Crippen LogP contribution >= 0.6 is 0 Å². The quantitative estimate of drug-likeness (QED) is 0.315. The van der Waals surface area contributed by atoms with E-state index in [1.54, 1.807) is 42.5 Å². The van der Waals surface area contributed by atoms with E-state index in [0.29, 0.717) is 16.9 Å². The Morgan fingerprint density at radius 3 is 2.25 bits per heavy atom. The summed E-state index contributed by atoms with van der Waals surface area (Å²) in [6.07, 6.45) is 1.41. The number of nitrogens with zero attached hydrogens (tertiary/aromatic N) is 1. The minimum absolute atomic E-state index is 0.0851. The molecule has 0 radical (unpaired) electrons. The molecule has 140 valence electrons. The molecule has 5 nitrogen and oxygen atoms in total. The van der Waals surface area contributed by atoms with Crippen molar-refractivity contribution in [2.45, 2.75) is 6.92 Å². The SMILES string of the molecule is Cc1ccccc1C(=O)Oc1ccc(/C=N\NC(=O)c2ccccc2F)cc1. The van der Waals surface area contributed by atoms with Crippen LogP contribution in [0.4, 0.5) is 4.39 Å². The number of hydrogen-bond acceptors (Lipinski definition) is 4. The normalized spacial score (nSPS) is 10.6. The summed E-state index contributed by atoms with van der Waals surface area (Å²) in [4.78, 5) is 24.1. The largest absolute Gasteiger partial charge is 0.423 e. The molecule has 0 bridgehead atoms. The summed E-state index contributed by atoms with van der Waals surface area (Å²) in [7, 11) is 0. The first-order valence-corrected chi connectivity index (χ1v) is 8.50. The summed E-state index contributed by atoms with van der Waals surface area (Å²) >= 11 is 0. The van der Waals surface area contributed by atoms with E-state index in [2.05, 4.69) is 10.5 Å². The molecule has 0 atom stereocenters. The maximum atomic E-state index is 13.5. The van der Waals surface area contributed by atoms with Gasteiger partial charge in [0.2, 0.25) is 0 Å². The third-order valence-electron chi connectivity index (χ3n) is 3.95. The maximum Gasteiger partial charge on any atom is 0.343 e. The summed E-state index contributed by atoms with van der Waals surface area (Å²) in [6, 6.07) is 19.4. The highest BCUT2D eigenvalue weighted by molar-refractivity contribution is 5.95. The Labute approximate surface area is 161 Å². The zero-order chi connectivity index (χ0) is 19.9. The number of hydrazone groups is 1. The van der Waals surface area contributed by atoms with Crippen LogP contribution in [-0.2, 0) is 0 Å². The summed E-state index contributed by atoms with van der Waals surface area (Å²) in [6.45, 7) is 1.84. The van der Waals surface area contributed by atoms with Gasteiger partial charge in [0.25, 0.3) is 5.91 Å². The van der Waals surface area contributed by atoms with Crippen LogP contribution in [0.15, 0.2) is 77.9 Å². The molecular formula is C22H17FN2O3. The standard InChI is InChI=1S/C22H17FN2O3/c1-15-6-2-3-7-18(15)22(27)28-17-12-10-16(11-13-17)14-24-25-21(26)19-8-4-5-9-20(19)23/h2-14H,1H3,(H,25,26)/b24-14-. The second-order valence-corrected chi connectivity index (χ2v) is 5.95. The molecular weight excluding hydrogens is 359 g/mol. The van der Waals surface area contributed by atoms with Crippen LogP contribution in [0.25, 0.3) is 0 Å². The lowest BCUT2D eigenvalue weighted by atomic mass is 10.1. The molecule has 0 fully saturated rings. The Hall–Kier alpha value is -3.80. The highest BCUT2D eigenvalue weighted by Gasteiger charge is 2.11. The fraction of sp³-hybridized carbons (Fsp3) is 0.0455. The fourth-order valence-electron chi connectivity index (χ4n) is 2.46. The summed E-state index contributed by atoms with van der Waals surface area (Å²) in [5.74, 6) is -1.30. The summed E-state index contributed by atoms with van der Waals surface area (Å²) in [5, 5.41) is 3.81. The molecule has 1 amide bonds. The first-order valence-electron chi connectivity index (χ1n) is 8.50. The highest BCUT2D eigenvalue weighted by atomic mass is 19.1. The number of amides is 1. The zero-order valence-corrected chi connectivity index (χ0v) is 15.1. The predicted molar refractivity (Wildman–Crippen MR) is 104 cm³/mol. The van der Waals surface area contributed by atoms with Crippen LogP contribution in [0.3, 0.4) is 0 Å². The van der Waals surface area contributed by atoms with E-state index in [0.717, 1.165) is 5.56 Å². The molecule has 0 aromatic heterocycles. The van der Waals surface area contributed by atoms with Crippen molar-refractivity contribution in [3.63, 3.8) is 0 Å². The molecule has 0 unspecified atom stereocenters. The van der Waals surface area contributed by atoms with E-state index < -0.39 is 17.7 Å². The van der Waals surface area contributed by atoms with Crippen molar-refractivity contribution in [2.24, 2.45) is 5.10 Å². The molecule has 0 aliphatic carbocycles. The number of aryl methyl sites for hydroxylation is 1. The van der Waals surface area contributed by atoms with Crippen molar-refractivity contribution < 1.29 is 18.7 Å². The molecule has 28 heavy (non-hydrogen) atoms. The number of carbonyl (C=O) groups excluding carboxylic acids is 2. The third-order valence-corrected chi connectivity index (χ3v) is 3.95. The molecule has 0 spiro atoms. The van der Waals surface area contributed by atoms with Gasteiger partial charge in [-0.1, -0.05) is 30.3 Å². The Bertz CT molecular complexity index is 1030. The third kappa shape index (κ3) is 4.67. The molecule has 6 heteroatoms. The number of hydrogen-bond donors (Lipinski definition) is 1. The fourth-order valence-corrected chi connectivity index (χ4v) is 2.46. The first-order chi connectivity index (χ1) is 13.5. The van der Waals surface area contributed by atoms with Gasteiger partial charge < -0.3 is 4.74 Å². The van der Waals surface area contributed by atoms with E-state index in [1.165, 1.54) is 24.4 Å². The number of carbonyl (C=O) groups is 2. The summed E-state index contributed by atoms with van der Waals surface area (Å²) in [5.41, 5.74) is 4.19. The van der Waals surface area contributed by atoms with E-state index in [-0.39, 0.29) is 5.56 Å². The number of rotatable bonds is 5. The number of halogens is 1. The lowest BCUT2D eigenvalue weighted by Crippen LogP contribution is -2.18. The van der Waals surface area contributed by atoms with Crippen molar-refractivity contribution in [1.29, 1.82) is 0 Å². The van der Waals surface area contributed by atoms with Crippen LogP contribution < -0.4 is 10.2 Å². The van der Waals surface area contributed by atoms with E-state index in [9.17, 15) is 14.0 Å². The average molecular weight is 376 g/mol. The molecule has 3 rings (SSSR count). The lowest BCUT2D eigenvalue weighted by Gasteiger charge is -2.06. The van der Waals surface area contributed by atoms with E-state index >= 15 is 0 Å². The molecule has 3 aromatic rings. The van der Waals surface area contributed by atoms with Crippen molar-refractivity contribution in [2.75, 3.05) is 0 Å². The molecule has 3 aromatic carbocycles. The van der Waals surface area contributed by atoms with Gasteiger partial charge in [0, 0.05) is 0 Å². The smallest absolute Gasteiger partial charge is 0.343 e. The second-order valence-electron chi connectivity index (χ2n) is 5.95. The summed E-state index contributed by atoms with van der Waals surface area (Å²) < 4.78 is 18.9. The van der Waals surface area contributed by atoms with Gasteiger partial charge in [0.15, 0.2) is 0 Å². The van der Waals surface area contributed by atoms with Gasteiger partial charge in [-0.2, -0.15) is 5.10 Å². The monoisotopic (exact) mass is 376 g/mol. The number of esters is 1. The Morgan fingerprint density at radius 1 is 0.929 bits per heavy atom. The molecule has 0 heterocycles. The Kier molecular flexibility index (Phi) is 5.91. The topological polar surface area (TPSA) is 67.8 Å². The second kappa shape index (κ2) is 8.73. The number of benzene rings is 3. The molecule has 0 saturated heterocycles. The van der Waals surface area contributed by atoms with Gasteiger partial charge in [0.05, 0.1) is 17.3 Å². The Balaban J connectivity index is 1.59. The average Bonchev–Trinajstić information content (AvgIpc) is 2.70. The molecule has 0 aliphatic rings. The lowest BCUT2D eigenvalue weighted by molar-refractivity contribution is 0.0733. The molecule has 1 N–H and O–H groups in total. The van der Waals surface area contributed by atoms with Gasteiger partial charge in [-0.25, -0.2) is 14.6 Å². The van der Waals surface area contributed by atoms with Crippen LogP contribution in [0.5, 0.6) is 5.75 Å². The molecule has 0 aliphatic heterocycles. The van der Waals surface area contributed by atoms with Gasteiger partial charge in [0.1, 0.15) is 11.6 Å². The van der Waals surface area contributed by atoms with Gasteiger partial charge in [-0.05, 0) is 60.5 Å². The van der Waals surface area contributed by atoms with Crippen LogP contribution in [-0.4, -0.2) is 18.1 Å². The predicted octanol–water partition coefficient (Wildman–Crippen LogP) is 4.12. The minimum atomic E-state index is -0.641. The van der Waals surface area contributed by atoms with Crippen LogP contribution in [0, 0.1) is 12.7 Å². The van der Waals surface area contributed by atoms with Crippen molar-refractivity contribution in [3.8, 4) is 5.75 Å². The van der Waals surface area contributed by atoms with E-state index in [4.69, 9.17) is 4.74 Å². The number of ether oxygens (including phenoxy) is 1. The van der Waals surface area contributed by atoms with Crippen molar-refractivity contribution in [1.82, 2.24) is 5.43 Å². The highest BCUT2D eigenvalue weighted by Crippen LogP contribution is 2.15. The first kappa shape index (κ1) is 19.0. The van der Waals surface area contributed by atoms with Gasteiger partial charge in [-0.3, -0.25) is 4.79 Å². The maximum absolute atomic E-state index is 13.5. The van der Waals surface area contributed by atoms with Crippen molar-refractivity contribution in [3.05, 3.63) is 101 Å². The van der Waals surface area contributed by atoms with Gasteiger partial charge >= 0.3 is 5.97 Å². The van der Waals surface area contributed by atoms with Gasteiger partial charge in [-0.15, -0.1) is 0 Å². The molecule has 0 saturated carbocycles. The minimum Gasteiger partial charge on any atom is -0.423 e. The van der Waals surface area contributed by atoms with Crippen LogP contribution in [0.2, 0.25) is 0 Å². The Morgan fingerprint density at radius 2 is 1.57 bits per heavy atom. The number of nitrogens with one attached hydrogen (secondary N) is 1. The van der Waals surface area contributed by atoms with Crippen molar-refractivity contribution >= 4 is 18.1 Å². The van der Waals surface area contributed by atoms with E-state index in [1.807, 2.05) is 19.1 Å².